The maximum Gasteiger partial charge on any atom is 0.307 e. The molecule has 0 atom stereocenters. The van der Waals surface area contributed by atoms with E-state index in [1.165, 1.54) is 0 Å². The first-order valence-electron chi connectivity index (χ1n) is 6.40. The molecule has 1 N–H and O–H groups in total. The Hall–Kier alpha value is -2.55. The van der Waals surface area contributed by atoms with Crippen molar-refractivity contribution in [2.45, 2.75) is 6.42 Å². The van der Waals surface area contributed by atoms with Crippen LogP contribution >= 0.6 is 0 Å². The molecule has 3 nitrogen and oxygen atoms in total. The van der Waals surface area contributed by atoms with Gasteiger partial charge in [0, 0.05) is 5.39 Å². The van der Waals surface area contributed by atoms with Crippen molar-refractivity contribution in [1.29, 1.82) is 0 Å². The standard InChI is InChI=1S/C17H14O3/c1-20-15-9-11-5-2-3-7-13(11)14-8-4-6-12(17(14)15)10-16(18)19/h2-9H,10H2,1H3,(H,18,19). The van der Waals surface area contributed by atoms with E-state index < -0.39 is 5.97 Å². The molecule has 20 heavy (non-hydrogen) atoms. The van der Waals surface area contributed by atoms with Gasteiger partial charge in [0.05, 0.1) is 13.5 Å². The third kappa shape index (κ3) is 1.97. The van der Waals surface area contributed by atoms with E-state index in [-0.39, 0.29) is 6.42 Å². The van der Waals surface area contributed by atoms with Gasteiger partial charge in [-0.05, 0) is 27.8 Å². The molecule has 0 aliphatic rings. The molecule has 0 unspecified atom stereocenters. The van der Waals surface area contributed by atoms with Crippen LogP contribution in [0.3, 0.4) is 0 Å². The molecule has 0 saturated heterocycles. The van der Waals surface area contributed by atoms with Crippen molar-refractivity contribution in [1.82, 2.24) is 0 Å². The summed E-state index contributed by atoms with van der Waals surface area (Å²) in [5.74, 6) is -0.122. The van der Waals surface area contributed by atoms with Gasteiger partial charge >= 0.3 is 5.97 Å². The molecule has 0 spiro atoms. The van der Waals surface area contributed by atoms with E-state index in [2.05, 4.69) is 0 Å². The van der Waals surface area contributed by atoms with Crippen LogP contribution in [0.2, 0.25) is 0 Å². The van der Waals surface area contributed by atoms with Crippen LogP contribution in [-0.2, 0) is 11.2 Å². The van der Waals surface area contributed by atoms with E-state index in [1.54, 1.807) is 7.11 Å². The number of carboxylic acids is 1. The van der Waals surface area contributed by atoms with Gasteiger partial charge in [-0.15, -0.1) is 0 Å². The van der Waals surface area contributed by atoms with Gasteiger partial charge in [0.25, 0.3) is 0 Å². The molecule has 0 bridgehead atoms. The van der Waals surface area contributed by atoms with E-state index in [0.29, 0.717) is 0 Å². The Balaban J connectivity index is 2.44. The summed E-state index contributed by atoms with van der Waals surface area (Å²) >= 11 is 0. The largest absolute Gasteiger partial charge is 0.496 e. The number of hydrogen-bond donors (Lipinski definition) is 1. The average molecular weight is 266 g/mol. The zero-order chi connectivity index (χ0) is 14.1. The Morgan fingerprint density at radius 3 is 2.60 bits per heavy atom. The second kappa shape index (κ2) is 4.85. The molecule has 0 aromatic heterocycles. The minimum Gasteiger partial charge on any atom is -0.496 e. The zero-order valence-electron chi connectivity index (χ0n) is 11.1. The molecule has 0 radical (unpaired) electrons. The third-order valence-electron chi connectivity index (χ3n) is 3.50. The van der Waals surface area contributed by atoms with Gasteiger partial charge in [-0.2, -0.15) is 0 Å². The Morgan fingerprint density at radius 1 is 1.10 bits per heavy atom. The summed E-state index contributed by atoms with van der Waals surface area (Å²) in [6.07, 6.45) is -0.00790. The SMILES string of the molecule is COc1cc2ccccc2c2cccc(CC(=O)O)c12. The van der Waals surface area contributed by atoms with Crippen molar-refractivity contribution < 1.29 is 14.6 Å². The normalized spacial score (nSPS) is 10.8. The second-order valence-corrected chi connectivity index (χ2v) is 4.71. The number of ether oxygens (including phenoxy) is 1. The molecule has 0 aliphatic carbocycles. The predicted octanol–water partition coefficient (Wildman–Crippen LogP) is 3.63. The van der Waals surface area contributed by atoms with Gasteiger partial charge in [0.15, 0.2) is 0 Å². The Bertz CT molecular complexity index is 806. The van der Waals surface area contributed by atoms with Crippen LogP contribution in [0.1, 0.15) is 5.56 Å². The van der Waals surface area contributed by atoms with Crippen LogP contribution in [0.15, 0.2) is 48.5 Å². The molecule has 0 saturated carbocycles. The summed E-state index contributed by atoms with van der Waals surface area (Å²) in [6, 6.07) is 15.7. The maximum absolute atomic E-state index is 11.0. The number of carbonyl (C=O) groups is 1. The van der Waals surface area contributed by atoms with Gasteiger partial charge in [0.2, 0.25) is 0 Å². The van der Waals surface area contributed by atoms with Crippen molar-refractivity contribution in [3.8, 4) is 5.75 Å². The molecule has 0 amide bonds. The van der Waals surface area contributed by atoms with Crippen LogP contribution in [0, 0.1) is 0 Å². The number of benzene rings is 3. The highest BCUT2D eigenvalue weighted by Crippen LogP contribution is 2.35. The molecule has 3 aromatic carbocycles. The molecule has 3 aromatic rings. The van der Waals surface area contributed by atoms with E-state index in [9.17, 15) is 4.79 Å². The highest BCUT2D eigenvalue weighted by Gasteiger charge is 2.12. The first-order valence-corrected chi connectivity index (χ1v) is 6.40. The van der Waals surface area contributed by atoms with Crippen molar-refractivity contribution in [2.24, 2.45) is 0 Å². The van der Waals surface area contributed by atoms with Gasteiger partial charge in [0.1, 0.15) is 5.75 Å². The Kier molecular flexibility index (Phi) is 3.03. The third-order valence-corrected chi connectivity index (χ3v) is 3.50. The fraction of sp³-hybridized carbons (Fsp3) is 0.118. The van der Waals surface area contributed by atoms with Gasteiger partial charge in [-0.3, -0.25) is 4.79 Å². The van der Waals surface area contributed by atoms with Crippen molar-refractivity contribution in [2.75, 3.05) is 7.11 Å². The molecule has 100 valence electrons. The number of carboxylic acid groups (broad SMARTS) is 1. The number of hydrogen-bond acceptors (Lipinski definition) is 2. The predicted molar refractivity (Wildman–Crippen MR) is 79.3 cm³/mol. The van der Waals surface area contributed by atoms with E-state index >= 15 is 0 Å². The lowest BCUT2D eigenvalue weighted by atomic mass is 9.96. The number of fused-ring (bicyclic) bond motifs is 3. The fourth-order valence-electron chi connectivity index (χ4n) is 2.67. The summed E-state index contributed by atoms with van der Waals surface area (Å²) < 4.78 is 5.46. The number of methoxy groups -OCH3 is 1. The quantitative estimate of drug-likeness (QED) is 0.736. The van der Waals surface area contributed by atoms with Gasteiger partial charge in [-0.25, -0.2) is 0 Å². The molecular weight excluding hydrogens is 252 g/mol. The summed E-state index contributed by atoms with van der Waals surface area (Å²) in [6.45, 7) is 0. The molecule has 0 aliphatic heterocycles. The van der Waals surface area contributed by atoms with Crippen molar-refractivity contribution in [3.63, 3.8) is 0 Å². The second-order valence-electron chi connectivity index (χ2n) is 4.71. The van der Waals surface area contributed by atoms with Gasteiger partial charge in [-0.1, -0.05) is 42.5 Å². The van der Waals surface area contributed by atoms with Crippen LogP contribution in [0.4, 0.5) is 0 Å². The van der Waals surface area contributed by atoms with Crippen LogP contribution in [-0.4, -0.2) is 18.2 Å². The number of rotatable bonds is 3. The summed E-state index contributed by atoms with van der Waals surface area (Å²) in [5.41, 5.74) is 0.776. The smallest absolute Gasteiger partial charge is 0.307 e. The highest BCUT2D eigenvalue weighted by atomic mass is 16.5. The fourth-order valence-corrected chi connectivity index (χ4v) is 2.67. The van der Waals surface area contributed by atoms with Crippen LogP contribution in [0.5, 0.6) is 5.75 Å². The van der Waals surface area contributed by atoms with Crippen molar-refractivity contribution >= 4 is 27.5 Å². The molecule has 0 heterocycles. The molecular formula is C17H14O3. The Labute approximate surface area is 116 Å². The first-order chi connectivity index (χ1) is 9.70. The van der Waals surface area contributed by atoms with Gasteiger partial charge < -0.3 is 9.84 Å². The summed E-state index contributed by atoms with van der Waals surface area (Å²) in [5, 5.41) is 13.2. The van der Waals surface area contributed by atoms with Crippen molar-refractivity contribution in [3.05, 3.63) is 54.1 Å². The van der Waals surface area contributed by atoms with E-state index in [0.717, 1.165) is 32.9 Å². The monoisotopic (exact) mass is 266 g/mol. The minimum atomic E-state index is -0.840. The van der Waals surface area contributed by atoms with Crippen LogP contribution in [0.25, 0.3) is 21.5 Å². The minimum absolute atomic E-state index is 0.00790. The van der Waals surface area contributed by atoms with Crippen LogP contribution < -0.4 is 4.74 Å². The van der Waals surface area contributed by atoms with E-state index in [1.807, 2.05) is 48.5 Å². The summed E-state index contributed by atoms with van der Waals surface area (Å²) in [7, 11) is 1.61. The highest BCUT2D eigenvalue weighted by molar-refractivity contribution is 6.11. The average Bonchev–Trinajstić information content (AvgIpc) is 2.46. The lowest BCUT2D eigenvalue weighted by Crippen LogP contribution is -2.01. The zero-order valence-corrected chi connectivity index (χ0v) is 11.1. The topological polar surface area (TPSA) is 46.5 Å². The Morgan fingerprint density at radius 2 is 1.85 bits per heavy atom. The summed E-state index contributed by atoms with van der Waals surface area (Å²) in [4.78, 5) is 11.0. The molecule has 3 heteroatoms. The maximum atomic E-state index is 11.0. The first kappa shape index (κ1) is 12.5. The molecule has 3 rings (SSSR count). The number of aliphatic carboxylic acids is 1. The molecule has 0 fully saturated rings. The van der Waals surface area contributed by atoms with E-state index in [4.69, 9.17) is 9.84 Å². The lowest BCUT2D eigenvalue weighted by Gasteiger charge is -2.12. The lowest BCUT2D eigenvalue weighted by molar-refractivity contribution is -0.136.